The Hall–Kier alpha value is -1.79. The minimum absolute atomic E-state index is 0.0672. The second-order valence-corrected chi connectivity index (χ2v) is 5.95. The van der Waals surface area contributed by atoms with E-state index in [0.717, 1.165) is 6.42 Å². The number of halogens is 1. The van der Waals surface area contributed by atoms with E-state index in [0.29, 0.717) is 36.0 Å². The van der Waals surface area contributed by atoms with Crippen molar-refractivity contribution < 1.29 is 19.4 Å². The molecular weight excluding hydrogens is 308 g/mol. The number of β-amino-alcohol motifs (C(OH)–C–C–N with tert-alkyl or cyclic N) is 1. The zero-order valence-corrected chi connectivity index (χ0v) is 12.8. The van der Waals surface area contributed by atoms with Crippen molar-refractivity contribution in [3.8, 4) is 5.75 Å². The van der Waals surface area contributed by atoms with Gasteiger partial charge in [-0.05, 0) is 31.0 Å². The third-order valence-corrected chi connectivity index (χ3v) is 4.14. The molecule has 0 saturated carbocycles. The summed E-state index contributed by atoms with van der Waals surface area (Å²) in [5.41, 5.74) is 0.509. The van der Waals surface area contributed by atoms with Gasteiger partial charge in [0.15, 0.2) is 6.61 Å². The van der Waals surface area contributed by atoms with Crippen LogP contribution in [0.15, 0.2) is 18.2 Å². The number of hydrogen-bond donors (Lipinski definition) is 1. The average molecular weight is 325 g/mol. The monoisotopic (exact) mass is 324 g/mol. The number of rotatable bonds is 2. The Morgan fingerprint density at radius 2 is 2.27 bits per heavy atom. The van der Waals surface area contributed by atoms with Crippen LogP contribution in [0, 0.1) is 0 Å². The van der Waals surface area contributed by atoms with E-state index < -0.39 is 6.10 Å². The Labute approximate surface area is 133 Å². The molecule has 2 amide bonds. The van der Waals surface area contributed by atoms with Crippen LogP contribution in [0.4, 0.5) is 5.69 Å². The summed E-state index contributed by atoms with van der Waals surface area (Å²) in [6.07, 6.45) is 0.991. The van der Waals surface area contributed by atoms with Crippen LogP contribution in [0.25, 0.3) is 0 Å². The number of aliphatic hydroxyl groups is 1. The maximum atomic E-state index is 12.4. The fourth-order valence-corrected chi connectivity index (χ4v) is 2.93. The summed E-state index contributed by atoms with van der Waals surface area (Å²) in [6.45, 7) is 0.767. The molecular formula is C15H17ClN2O4. The van der Waals surface area contributed by atoms with Crippen LogP contribution >= 0.6 is 11.6 Å². The molecule has 0 radical (unpaired) electrons. The molecule has 1 atom stereocenters. The Balaban J connectivity index is 1.78. The van der Waals surface area contributed by atoms with Crippen molar-refractivity contribution in [2.75, 3.05) is 31.1 Å². The molecule has 2 aliphatic rings. The number of benzene rings is 1. The number of amides is 2. The molecule has 6 nitrogen and oxygen atoms in total. The highest BCUT2D eigenvalue weighted by Crippen LogP contribution is 2.34. The molecule has 1 saturated heterocycles. The first kappa shape index (κ1) is 15.1. The number of nitrogens with zero attached hydrogens (tertiary/aromatic N) is 2. The van der Waals surface area contributed by atoms with Gasteiger partial charge in [-0.25, -0.2) is 0 Å². The number of aliphatic hydroxyl groups excluding tert-OH is 1. The van der Waals surface area contributed by atoms with Crippen molar-refractivity contribution in [1.29, 1.82) is 0 Å². The van der Waals surface area contributed by atoms with Crippen LogP contribution in [-0.4, -0.2) is 54.2 Å². The predicted octanol–water partition coefficient (Wildman–Crippen LogP) is 1.05. The topological polar surface area (TPSA) is 70.1 Å². The molecule has 0 bridgehead atoms. The summed E-state index contributed by atoms with van der Waals surface area (Å²) in [6, 6.07) is 4.98. The number of carbonyl (C=O) groups excluding carboxylic acids is 2. The van der Waals surface area contributed by atoms with Crippen LogP contribution < -0.4 is 9.64 Å². The zero-order valence-electron chi connectivity index (χ0n) is 12.0. The van der Waals surface area contributed by atoms with Crippen LogP contribution in [0.2, 0.25) is 5.02 Å². The molecule has 118 valence electrons. The molecule has 1 N–H and O–H groups in total. The van der Waals surface area contributed by atoms with Gasteiger partial charge < -0.3 is 14.7 Å². The fourth-order valence-electron chi connectivity index (χ4n) is 2.77. The standard InChI is InChI=1S/C15H17ClN2O4/c16-10-3-4-13-12(6-10)18(15(21)9-22-13)8-14(20)17-5-1-2-11(19)7-17/h3-4,6,11,19H,1-2,5,7-9H2/t11-/m1/s1. The first-order valence-electron chi connectivity index (χ1n) is 7.23. The number of carbonyl (C=O) groups is 2. The first-order valence-corrected chi connectivity index (χ1v) is 7.61. The van der Waals surface area contributed by atoms with Gasteiger partial charge in [0.25, 0.3) is 5.91 Å². The van der Waals surface area contributed by atoms with E-state index in [1.165, 1.54) is 4.90 Å². The van der Waals surface area contributed by atoms with Crippen LogP contribution in [-0.2, 0) is 9.59 Å². The molecule has 3 rings (SSSR count). The summed E-state index contributed by atoms with van der Waals surface area (Å²) in [5, 5.41) is 10.1. The molecule has 1 fully saturated rings. The van der Waals surface area contributed by atoms with E-state index in [1.807, 2.05) is 0 Å². The predicted molar refractivity (Wildman–Crippen MR) is 81.1 cm³/mol. The molecule has 0 spiro atoms. The Kier molecular flexibility index (Phi) is 4.22. The summed E-state index contributed by atoms with van der Waals surface area (Å²) in [7, 11) is 0. The van der Waals surface area contributed by atoms with Gasteiger partial charge in [0, 0.05) is 18.1 Å². The third-order valence-electron chi connectivity index (χ3n) is 3.91. The molecule has 2 aliphatic heterocycles. The van der Waals surface area contributed by atoms with E-state index in [9.17, 15) is 14.7 Å². The van der Waals surface area contributed by atoms with Gasteiger partial charge in [-0.15, -0.1) is 0 Å². The number of ether oxygens (including phenoxy) is 1. The van der Waals surface area contributed by atoms with E-state index >= 15 is 0 Å². The van der Waals surface area contributed by atoms with E-state index in [1.54, 1.807) is 23.1 Å². The van der Waals surface area contributed by atoms with Gasteiger partial charge >= 0.3 is 0 Å². The highest BCUT2D eigenvalue weighted by molar-refractivity contribution is 6.31. The molecule has 0 unspecified atom stereocenters. The number of likely N-dealkylation sites (tertiary alicyclic amines) is 1. The Morgan fingerprint density at radius 1 is 1.45 bits per heavy atom. The van der Waals surface area contributed by atoms with Gasteiger partial charge in [0.2, 0.25) is 5.91 Å². The number of hydrogen-bond acceptors (Lipinski definition) is 4. The lowest BCUT2D eigenvalue weighted by Gasteiger charge is -2.34. The first-order chi connectivity index (χ1) is 10.5. The molecule has 1 aromatic rings. The average Bonchev–Trinajstić information content (AvgIpc) is 2.50. The molecule has 2 heterocycles. The fraction of sp³-hybridized carbons (Fsp3) is 0.467. The van der Waals surface area contributed by atoms with Crippen molar-refractivity contribution in [3.63, 3.8) is 0 Å². The van der Waals surface area contributed by atoms with Crippen molar-refractivity contribution in [2.24, 2.45) is 0 Å². The summed E-state index contributed by atoms with van der Waals surface area (Å²) < 4.78 is 5.35. The highest BCUT2D eigenvalue weighted by Gasteiger charge is 2.30. The van der Waals surface area contributed by atoms with E-state index in [-0.39, 0.29) is 25.0 Å². The SMILES string of the molecule is O=C(CN1C(=O)COc2ccc(Cl)cc21)N1CCC[C@@H](O)C1. The quantitative estimate of drug-likeness (QED) is 0.882. The number of piperidine rings is 1. The maximum absolute atomic E-state index is 12.4. The second-order valence-electron chi connectivity index (χ2n) is 5.52. The lowest BCUT2D eigenvalue weighted by molar-refractivity contribution is -0.134. The van der Waals surface area contributed by atoms with Crippen molar-refractivity contribution in [3.05, 3.63) is 23.2 Å². The lowest BCUT2D eigenvalue weighted by atomic mass is 10.1. The summed E-state index contributed by atoms with van der Waals surface area (Å²) in [5.74, 6) is 0.0797. The summed E-state index contributed by atoms with van der Waals surface area (Å²) >= 11 is 5.97. The van der Waals surface area contributed by atoms with Gasteiger partial charge in [-0.2, -0.15) is 0 Å². The molecule has 0 aliphatic carbocycles. The Morgan fingerprint density at radius 3 is 3.05 bits per heavy atom. The van der Waals surface area contributed by atoms with Crippen LogP contribution in [0.3, 0.4) is 0 Å². The van der Waals surface area contributed by atoms with Crippen LogP contribution in [0.5, 0.6) is 5.75 Å². The van der Waals surface area contributed by atoms with Crippen molar-refractivity contribution in [1.82, 2.24) is 4.90 Å². The Bertz CT molecular complexity index is 607. The van der Waals surface area contributed by atoms with Gasteiger partial charge in [0.1, 0.15) is 12.3 Å². The van der Waals surface area contributed by atoms with Gasteiger partial charge in [0.05, 0.1) is 11.8 Å². The third kappa shape index (κ3) is 3.03. The van der Waals surface area contributed by atoms with Gasteiger partial charge in [-0.3, -0.25) is 14.5 Å². The molecule has 7 heteroatoms. The minimum atomic E-state index is -0.486. The maximum Gasteiger partial charge on any atom is 0.265 e. The molecule has 0 aromatic heterocycles. The van der Waals surface area contributed by atoms with Crippen molar-refractivity contribution in [2.45, 2.75) is 18.9 Å². The van der Waals surface area contributed by atoms with E-state index in [2.05, 4.69) is 0 Å². The second kappa shape index (κ2) is 6.14. The minimum Gasteiger partial charge on any atom is -0.482 e. The zero-order chi connectivity index (χ0) is 15.7. The lowest BCUT2D eigenvalue weighted by Crippen LogP contribution is -2.49. The van der Waals surface area contributed by atoms with E-state index in [4.69, 9.17) is 16.3 Å². The van der Waals surface area contributed by atoms with Crippen molar-refractivity contribution >= 4 is 29.1 Å². The number of anilines is 1. The normalized spacial score (nSPS) is 21.4. The number of fused-ring (bicyclic) bond motifs is 1. The van der Waals surface area contributed by atoms with Gasteiger partial charge in [-0.1, -0.05) is 11.6 Å². The smallest absolute Gasteiger partial charge is 0.265 e. The summed E-state index contributed by atoms with van der Waals surface area (Å²) in [4.78, 5) is 27.5. The highest BCUT2D eigenvalue weighted by atomic mass is 35.5. The molecule has 1 aromatic carbocycles. The van der Waals surface area contributed by atoms with Crippen LogP contribution in [0.1, 0.15) is 12.8 Å². The largest absolute Gasteiger partial charge is 0.482 e. The molecule has 22 heavy (non-hydrogen) atoms.